The zero-order chi connectivity index (χ0) is 25.2. The number of aromatic carboxylic acids is 1. The molecule has 11 heteroatoms. The number of fused-ring (bicyclic) bond motifs is 1. The van der Waals surface area contributed by atoms with Crippen LogP contribution < -0.4 is 10.3 Å². The number of hydrogen-bond donors (Lipinski definition) is 1. The van der Waals surface area contributed by atoms with Gasteiger partial charge in [-0.1, -0.05) is 30.3 Å². The summed E-state index contributed by atoms with van der Waals surface area (Å²) in [7, 11) is 0. The quantitative estimate of drug-likeness (QED) is 0.245. The first-order chi connectivity index (χ1) is 17.4. The van der Waals surface area contributed by atoms with E-state index in [9.17, 15) is 24.8 Å². The summed E-state index contributed by atoms with van der Waals surface area (Å²) >= 11 is 1.22. The van der Waals surface area contributed by atoms with Crippen molar-refractivity contribution >= 4 is 33.2 Å². The Hall–Kier alpha value is -4.77. The average molecular weight is 503 g/mol. The molecule has 0 saturated carbocycles. The highest BCUT2D eigenvalue weighted by atomic mass is 32.1. The van der Waals surface area contributed by atoms with Gasteiger partial charge in [0, 0.05) is 23.9 Å². The molecule has 0 atom stereocenters. The predicted molar refractivity (Wildman–Crippen MR) is 133 cm³/mol. The van der Waals surface area contributed by atoms with E-state index in [1.807, 2.05) is 30.3 Å². The van der Waals surface area contributed by atoms with Gasteiger partial charge in [-0.05, 0) is 29.1 Å². The number of thiophene rings is 1. The molecule has 0 aliphatic rings. The fourth-order valence-electron chi connectivity index (χ4n) is 3.85. The maximum atomic E-state index is 13.5. The fourth-order valence-corrected chi connectivity index (χ4v) is 4.78. The van der Waals surface area contributed by atoms with Crippen LogP contribution in [0.5, 0.6) is 5.75 Å². The van der Waals surface area contributed by atoms with Gasteiger partial charge in [0.05, 0.1) is 33.6 Å². The van der Waals surface area contributed by atoms with Crippen molar-refractivity contribution in [3.63, 3.8) is 0 Å². The monoisotopic (exact) mass is 502 g/mol. The van der Waals surface area contributed by atoms with Gasteiger partial charge in [-0.2, -0.15) is 5.10 Å². The fraction of sp³-hybridized carbons (Fsp3) is 0.0800. The van der Waals surface area contributed by atoms with Gasteiger partial charge in [-0.3, -0.25) is 19.5 Å². The average Bonchev–Trinajstić information content (AvgIpc) is 3.55. The SMILES string of the molecule is O=C(O)c1c(OCc2ccccc2)c(=O)n(Cc2cnn(-c3ccc([N+](=O)[O-])cc3)c2)c2ccsc12. The number of ether oxygens (including phenoxy) is 1. The van der Waals surface area contributed by atoms with E-state index in [0.717, 1.165) is 5.56 Å². The predicted octanol–water partition coefficient (Wildman–Crippen LogP) is 4.48. The number of nitro groups is 1. The zero-order valence-electron chi connectivity index (χ0n) is 18.6. The van der Waals surface area contributed by atoms with Crippen LogP contribution in [0.2, 0.25) is 0 Å². The summed E-state index contributed by atoms with van der Waals surface area (Å²) in [5.74, 6) is -1.45. The largest absolute Gasteiger partial charge is 0.482 e. The van der Waals surface area contributed by atoms with Gasteiger partial charge in [0.2, 0.25) is 5.75 Å². The first-order valence-corrected chi connectivity index (χ1v) is 11.6. The molecular weight excluding hydrogens is 484 g/mol. The first kappa shape index (κ1) is 23.0. The second-order valence-electron chi connectivity index (χ2n) is 7.88. The summed E-state index contributed by atoms with van der Waals surface area (Å²) in [5.41, 5.74) is 1.84. The Morgan fingerprint density at radius 3 is 2.53 bits per heavy atom. The van der Waals surface area contributed by atoms with E-state index in [1.54, 1.807) is 40.7 Å². The number of benzene rings is 2. The van der Waals surface area contributed by atoms with Gasteiger partial charge < -0.3 is 9.84 Å². The number of nitro benzene ring substituents is 1. The van der Waals surface area contributed by atoms with E-state index in [-0.39, 0.29) is 30.2 Å². The second-order valence-corrected chi connectivity index (χ2v) is 8.79. The van der Waals surface area contributed by atoms with E-state index in [0.29, 0.717) is 21.5 Å². The third-order valence-corrected chi connectivity index (χ3v) is 6.49. The summed E-state index contributed by atoms with van der Waals surface area (Å²) in [4.78, 5) is 36.0. The highest BCUT2D eigenvalue weighted by molar-refractivity contribution is 7.17. The molecule has 5 aromatic rings. The number of hydrogen-bond acceptors (Lipinski definition) is 7. The minimum atomic E-state index is -1.24. The molecule has 0 radical (unpaired) electrons. The topological polar surface area (TPSA) is 129 Å². The van der Waals surface area contributed by atoms with E-state index >= 15 is 0 Å². The van der Waals surface area contributed by atoms with Crippen LogP contribution in [-0.4, -0.2) is 30.3 Å². The Morgan fingerprint density at radius 2 is 1.83 bits per heavy atom. The first-order valence-electron chi connectivity index (χ1n) is 10.7. The number of nitrogens with zero attached hydrogens (tertiary/aromatic N) is 4. The Morgan fingerprint density at radius 1 is 1.08 bits per heavy atom. The summed E-state index contributed by atoms with van der Waals surface area (Å²) < 4.78 is 9.25. The zero-order valence-corrected chi connectivity index (χ0v) is 19.4. The van der Waals surface area contributed by atoms with Gasteiger partial charge in [0.15, 0.2) is 0 Å². The lowest BCUT2D eigenvalue weighted by atomic mass is 10.2. The van der Waals surface area contributed by atoms with Crippen LogP contribution in [0.15, 0.2) is 83.2 Å². The standard InChI is InChI=1S/C25H18N4O6S/c30-24-22(35-15-16-4-2-1-3-5-16)21(25(31)32)23-20(10-11-36-23)27(24)13-17-12-26-28(14-17)18-6-8-19(9-7-18)29(33)34/h1-12,14H,13,15H2,(H,31,32). The van der Waals surface area contributed by atoms with Crippen molar-refractivity contribution in [2.75, 3.05) is 0 Å². The Labute approximate surface area is 207 Å². The molecule has 180 valence electrons. The number of carboxylic acids is 1. The minimum absolute atomic E-state index is 0.0286. The Kier molecular flexibility index (Phi) is 6.05. The molecule has 0 amide bonds. The van der Waals surface area contributed by atoms with Crippen molar-refractivity contribution in [3.8, 4) is 11.4 Å². The summed E-state index contributed by atoms with van der Waals surface area (Å²) in [5, 5.41) is 26.8. The molecule has 10 nitrogen and oxygen atoms in total. The van der Waals surface area contributed by atoms with Crippen molar-refractivity contribution in [3.05, 3.63) is 116 Å². The van der Waals surface area contributed by atoms with Crippen LogP contribution >= 0.6 is 11.3 Å². The van der Waals surface area contributed by atoms with Gasteiger partial charge in [0.1, 0.15) is 12.2 Å². The maximum Gasteiger partial charge on any atom is 0.341 e. The number of carbonyl (C=O) groups is 1. The van der Waals surface area contributed by atoms with Crippen LogP contribution in [0.25, 0.3) is 15.9 Å². The summed E-state index contributed by atoms with van der Waals surface area (Å²) in [6.45, 7) is 0.173. The third kappa shape index (κ3) is 4.34. The number of carboxylic acid groups (broad SMARTS) is 1. The molecule has 0 aliphatic carbocycles. The molecule has 3 aromatic heterocycles. The van der Waals surface area contributed by atoms with E-state index in [4.69, 9.17) is 4.74 Å². The van der Waals surface area contributed by atoms with Crippen molar-refractivity contribution in [2.45, 2.75) is 13.2 Å². The third-order valence-electron chi connectivity index (χ3n) is 5.57. The maximum absolute atomic E-state index is 13.5. The van der Waals surface area contributed by atoms with Gasteiger partial charge in [0.25, 0.3) is 11.2 Å². The van der Waals surface area contributed by atoms with E-state index < -0.39 is 16.5 Å². The lowest BCUT2D eigenvalue weighted by molar-refractivity contribution is -0.384. The second kappa shape index (κ2) is 9.47. The van der Waals surface area contributed by atoms with Gasteiger partial charge in [-0.25, -0.2) is 9.48 Å². The van der Waals surface area contributed by atoms with Crippen molar-refractivity contribution < 1.29 is 19.6 Å². The number of rotatable bonds is 8. The molecule has 0 fully saturated rings. The molecule has 36 heavy (non-hydrogen) atoms. The summed E-state index contributed by atoms with van der Waals surface area (Å²) in [6, 6.07) is 16.8. The normalized spacial score (nSPS) is 11.0. The summed E-state index contributed by atoms with van der Waals surface area (Å²) in [6.07, 6.45) is 3.29. The van der Waals surface area contributed by atoms with Crippen LogP contribution in [0, 0.1) is 10.1 Å². The molecular formula is C25H18N4O6S. The minimum Gasteiger partial charge on any atom is -0.482 e. The molecule has 5 rings (SSSR count). The molecule has 3 heterocycles. The van der Waals surface area contributed by atoms with Crippen LogP contribution in [0.4, 0.5) is 5.69 Å². The van der Waals surface area contributed by atoms with Crippen molar-refractivity contribution in [1.29, 1.82) is 0 Å². The van der Waals surface area contributed by atoms with Gasteiger partial charge in [-0.15, -0.1) is 11.3 Å². The van der Waals surface area contributed by atoms with Crippen LogP contribution in [-0.2, 0) is 13.2 Å². The molecule has 0 aliphatic heterocycles. The molecule has 2 aromatic carbocycles. The molecule has 0 bridgehead atoms. The van der Waals surface area contributed by atoms with Gasteiger partial charge >= 0.3 is 5.97 Å². The number of non-ortho nitro benzene ring substituents is 1. The Balaban J connectivity index is 1.52. The molecule has 0 spiro atoms. The lowest BCUT2D eigenvalue weighted by Crippen LogP contribution is -2.25. The molecule has 0 saturated heterocycles. The lowest BCUT2D eigenvalue weighted by Gasteiger charge is -2.14. The highest BCUT2D eigenvalue weighted by Gasteiger charge is 2.24. The molecule has 0 unspecified atom stereocenters. The number of pyridine rings is 1. The van der Waals surface area contributed by atoms with Crippen molar-refractivity contribution in [2.24, 2.45) is 0 Å². The molecule has 1 N–H and O–H groups in total. The Bertz CT molecular complexity index is 1640. The van der Waals surface area contributed by atoms with E-state index in [1.165, 1.54) is 28.0 Å². The number of aromatic nitrogens is 3. The van der Waals surface area contributed by atoms with Crippen LogP contribution in [0.3, 0.4) is 0 Å². The van der Waals surface area contributed by atoms with Crippen molar-refractivity contribution in [1.82, 2.24) is 14.3 Å². The highest BCUT2D eigenvalue weighted by Crippen LogP contribution is 2.30. The van der Waals surface area contributed by atoms with E-state index in [2.05, 4.69) is 5.10 Å². The van der Waals surface area contributed by atoms with Crippen LogP contribution in [0.1, 0.15) is 21.5 Å². The smallest absolute Gasteiger partial charge is 0.341 e.